The number of pyridine rings is 1. The normalized spacial score (nSPS) is 19.5. The molecule has 7 rings (SSSR count). The van der Waals surface area contributed by atoms with Crippen LogP contribution in [0.1, 0.15) is 83.7 Å². The molecule has 68 heavy (non-hydrogen) atoms. The Morgan fingerprint density at radius 3 is 2.60 bits per heavy atom. The molecule has 5 aromatic rings. The highest BCUT2D eigenvalue weighted by molar-refractivity contribution is 6.27. The van der Waals surface area contributed by atoms with E-state index in [0.717, 1.165) is 56.7 Å². The number of nitrogens with one attached hydrogen (secondary N) is 3. The van der Waals surface area contributed by atoms with E-state index in [1.165, 1.54) is 12.3 Å². The number of amides is 3. The molecule has 1 saturated heterocycles. The van der Waals surface area contributed by atoms with E-state index in [0.29, 0.717) is 54.7 Å². The van der Waals surface area contributed by atoms with Crippen molar-refractivity contribution in [2.75, 3.05) is 38.7 Å². The van der Waals surface area contributed by atoms with Crippen LogP contribution in [0.15, 0.2) is 79.6 Å². The monoisotopic (exact) mass is 944 g/mol. The van der Waals surface area contributed by atoms with Gasteiger partial charge in [-0.15, -0.1) is 0 Å². The van der Waals surface area contributed by atoms with Crippen LogP contribution in [0.2, 0.25) is 0 Å². The molecule has 5 heterocycles. The van der Waals surface area contributed by atoms with Crippen molar-refractivity contribution in [3.63, 3.8) is 0 Å². The fraction of sp³-hybridized carbons (Fsp3) is 0.462. The summed E-state index contributed by atoms with van der Waals surface area (Å²) >= 11 is 0. The molecule has 1 fully saturated rings. The molecular weight excluding hydrogens is 877 g/mol. The van der Waals surface area contributed by atoms with E-state index in [1.807, 2.05) is 39.1 Å². The molecule has 0 saturated carbocycles. The summed E-state index contributed by atoms with van der Waals surface area (Å²) < 4.78 is 22.1. The fourth-order valence-electron chi connectivity index (χ4n) is 9.49. The van der Waals surface area contributed by atoms with Crippen molar-refractivity contribution in [2.24, 2.45) is 30.2 Å². The predicted octanol–water partition coefficient (Wildman–Crippen LogP) is 6.29. The number of aromatic nitrogens is 4. The number of aryl methyl sites for hydroxylation is 1. The average molecular weight is 945 g/mol. The minimum absolute atomic E-state index is 0.0566. The van der Waals surface area contributed by atoms with Crippen LogP contribution < -0.4 is 20.8 Å². The number of carbonyl (C=O) groups is 4. The standard InChI is InChI=1S/C52H68N8O7Si/c1-10-44(61)56-43-29-55-50(58(43)8)66-30-41(32(3)4)47(62)54-23-20-37-26-34-15-12-16-35(25-34)36-18-19-42-39(27-36)40(46(59(42)11-2)38-17-13-22-53-45(38)33(5)65-9)28-51(6,7)31-67-49(64)52(68)21-14-24-60(57-52)48(37)63/h10,12-13,15-19,22,25,27,29,32-33,37,41,57H,1,11,14,20-21,23-24,26,28,30-31H2,2-9,68H3,(H,54,62)(H,56,61)/t33-,37-,41-,52-/m0/s1. The number of carbonyl (C=O) groups excluding carboxylic acids is 4. The van der Waals surface area contributed by atoms with Crippen molar-refractivity contribution in [3.8, 4) is 28.4 Å². The van der Waals surface area contributed by atoms with Crippen LogP contribution in [0.3, 0.4) is 0 Å². The lowest BCUT2D eigenvalue weighted by atomic mass is 9.84. The topological polar surface area (TPSA) is 171 Å². The van der Waals surface area contributed by atoms with Gasteiger partial charge >= 0.3 is 5.97 Å². The SMILES string of the molecule is C=CC(=O)Nc1cnc(OC[C@H](C(=O)NCC[C@H]2Cc3cccc(c3)-c3ccc4c(c3)c(c(-c3cccnc3[C@H](C)OC)n4CC)CC(C)(C)COC(=O)[C@@]3([SiH3])CCCN(N3)C2=O)C(C)C)n1C. The maximum atomic E-state index is 14.7. The number of ether oxygens (including phenoxy) is 3. The lowest BCUT2D eigenvalue weighted by Gasteiger charge is -2.41. The van der Waals surface area contributed by atoms with Crippen LogP contribution in [0, 0.1) is 23.2 Å². The number of imidazole rings is 1. The van der Waals surface area contributed by atoms with Gasteiger partial charge in [-0.3, -0.25) is 33.7 Å². The number of hydrogen-bond acceptors (Lipinski definition) is 10. The number of rotatable bonds is 14. The molecule has 0 aliphatic carbocycles. The zero-order chi connectivity index (χ0) is 48.9. The third-order valence-electron chi connectivity index (χ3n) is 13.5. The third-order valence-corrected chi connectivity index (χ3v) is 14.7. The number of nitrogens with zero attached hydrogens (tertiary/aromatic N) is 5. The van der Waals surface area contributed by atoms with Gasteiger partial charge in [0.1, 0.15) is 17.6 Å². The van der Waals surface area contributed by atoms with E-state index in [9.17, 15) is 19.2 Å². The van der Waals surface area contributed by atoms with Gasteiger partial charge in [-0.05, 0) is 104 Å². The molecule has 0 radical (unpaired) electrons. The second-order valence-electron chi connectivity index (χ2n) is 19.6. The van der Waals surface area contributed by atoms with Crippen LogP contribution in [0.5, 0.6) is 6.01 Å². The van der Waals surface area contributed by atoms with Gasteiger partial charge in [0.25, 0.3) is 6.01 Å². The number of benzene rings is 2. The van der Waals surface area contributed by atoms with Crippen molar-refractivity contribution in [1.29, 1.82) is 0 Å². The van der Waals surface area contributed by atoms with E-state index in [1.54, 1.807) is 23.7 Å². The van der Waals surface area contributed by atoms with Crippen LogP contribution in [-0.4, -0.2) is 96.6 Å². The Balaban J connectivity index is 1.21. The molecule has 2 aliphatic heterocycles. The van der Waals surface area contributed by atoms with E-state index in [2.05, 4.69) is 95.4 Å². The summed E-state index contributed by atoms with van der Waals surface area (Å²) in [6.45, 7) is 17.5. The zero-order valence-corrected chi connectivity index (χ0v) is 43.1. The van der Waals surface area contributed by atoms with E-state index < -0.39 is 22.4 Å². The Morgan fingerprint density at radius 1 is 1.09 bits per heavy atom. The van der Waals surface area contributed by atoms with E-state index >= 15 is 0 Å². The average Bonchev–Trinajstić information content (AvgIpc) is 3.83. The van der Waals surface area contributed by atoms with Crippen molar-refractivity contribution in [3.05, 3.63) is 96.5 Å². The van der Waals surface area contributed by atoms with Gasteiger partial charge in [0.05, 0.1) is 36.2 Å². The molecule has 0 unspecified atom stereocenters. The van der Waals surface area contributed by atoms with Gasteiger partial charge in [-0.25, -0.2) is 10.4 Å². The first-order valence-corrected chi connectivity index (χ1v) is 24.8. The Kier molecular flexibility index (Phi) is 15.4. The summed E-state index contributed by atoms with van der Waals surface area (Å²) in [5.41, 5.74) is 11.2. The Labute approximate surface area is 402 Å². The van der Waals surface area contributed by atoms with Crippen molar-refractivity contribution >= 4 is 50.7 Å². The molecule has 3 aromatic heterocycles. The first-order chi connectivity index (χ1) is 32.5. The highest BCUT2D eigenvalue weighted by Gasteiger charge is 2.42. The van der Waals surface area contributed by atoms with Crippen LogP contribution in [0.25, 0.3) is 33.3 Å². The Hall–Kier alpha value is -6.10. The molecule has 15 nitrogen and oxygen atoms in total. The van der Waals surface area contributed by atoms with Crippen molar-refractivity contribution in [2.45, 2.75) is 91.5 Å². The molecule has 6 bridgehead atoms. The molecule has 2 aromatic carbocycles. The zero-order valence-electron chi connectivity index (χ0n) is 41.1. The smallest absolute Gasteiger partial charge is 0.323 e. The van der Waals surface area contributed by atoms with E-state index in [-0.39, 0.29) is 61.5 Å². The maximum absolute atomic E-state index is 14.7. The van der Waals surface area contributed by atoms with Gasteiger partial charge in [0.2, 0.25) is 17.7 Å². The number of fused-ring (bicyclic) bond motifs is 6. The highest BCUT2D eigenvalue weighted by atomic mass is 28.1. The number of methoxy groups -OCH3 is 1. The molecule has 3 amide bonds. The summed E-state index contributed by atoms with van der Waals surface area (Å²) in [7, 11) is 3.82. The van der Waals surface area contributed by atoms with Crippen LogP contribution in [0.4, 0.5) is 5.82 Å². The minimum atomic E-state index is -0.997. The first kappa shape index (κ1) is 49.8. The lowest BCUT2D eigenvalue weighted by Crippen LogP contribution is -2.65. The molecule has 0 spiro atoms. The number of anilines is 1. The highest BCUT2D eigenvalue weighted by Crippen LogP contribution is 2.42. The molecular formula is C52H68N8O7Si. The molecule has 4 atom stereocenters. The van der Waals surface area contributed by atoms with Gasteiger partial charge in [-0.1, -0.05) is 64.6 Å². The van der Waals surface area contributed by atoms with Crippen LogP contribution >= 0.6 is 0 Å². The summed E-state index contributed by atoms with van der Waals surface area (Å²) in [6, 6.07) is 19.4. The summed E-state index contributed by atoms with van der Waals surface area (Å²) in [5.74, 6) is -1.75. The lowest BCUT2D eigenvalue weighted by molar-refractivity contribution is -0.158. The summed E-state index contributed by atoms with van der Waals surface area (Å²) in [5, 5.41) is 7.52. The molecule has 16 heteroatoms. The quantitative estimate of drug-likeness (QED) is 0.0654. The number of esters is 1. The van der Waals surface area contributed by atoms with Gasteiger partial charge in [0, 0.05) is 78.0 Å². The van der Waals surface area contributed by atoms with Gasteiger partial charge in [0.15, 0.2) is 0 Å². The second kappa shape index (κ2) is 21.0. The van der Waals surface area contributed by atoms with E-state index in [4.69, 9.17) is 19.2 Å². The largest absolute Gasteiger partial charge is 0.464 e. The van der Waals surface area contributed by atoms with Gasteiger partial charge in [-0.2, -0.15) is 0 Å². The summed E-state index contributed by atoms with van der Waals surface area (Å²) in [6.07, 6.45) is 6.82. The molecule has 3 N–H and O–H groups in total. The first-order valence-electron chi connectivity index (χ1n) is 23.8. The van der Waals surface area contributed by atoms with Crippen molar-refractivity contribution < 1.29 is 33.4 Å². The Bertz CT molecular complexity index is 2670. The number of hydrazine groups is 1. The summed E-state index contributed by atoms with van der Waals surface area (Å²) in [4.78, 5) is 63.8. The number of hydrogen-bond donors (Lipinski definition) is 3. The number of cyclic esters (lactones) is 1. The fourth-order valence-corrected chi connectivity index (χ4v) is 10.3. The second-order valence-corrected chi connectivity index (χ2v) is 21.3. The van der Waals surface area contributed by atoms with Gasteiger partial charge < -0.3 is 29.4 Å². The van der Waals surface area contributed by atoms with Crippen LogP contribution in [-0.2, 0) is 55.1 Å². The molecule has 2 aliphatic rings. The minimum Gasteiger partial charge on any atom is -0.464 e. The molecule has 362 valence electrons. The predicted molar refractivity (Wildman–Crippen MR) is 268 cm³/mol. The van der Waals surface area contributed by atoms with Crippen molar-refractivity contribution in [1.82, 2.24) is 34.9 Å². The third kappa shape index (κ3) is 10.8. The Morgan fingerprint density at radius 2 is 1.87 bits per heavy atom. The maximum Gasteiger partial charge on any atom is 0.323 e.